The number of nitrogens with one attached hydrogen (secondary N) is 1. The van der Waals surface area contributed by atoms with Crippen LogP contribution in [0, 0.1) is 0 Å². The van der Waals surface area contributed by atoms with Crippen molar-refractivity contribution in [1.29, 1.82) is 0 Å². The van der Waals surface area contributed by atoms with Crippen LogP contribution in [0.25, 0.3) is 10.6 Å². The zero-order chi connectivity index (χ0) is 31.0. The van der Waals surface area contributed by atoms with Gasteiger partial charge < -0.3 is 19.7 Å². The highest BCUT2D eigenvalue weighted by atomic mass is 32.1. The van der Waals surface area contributed by atoms with E-state index in [1.807, 2.05) is 31.2 Å². The van der Waals surface area contributed by atoms with Crippen LogP contribution in [0.3, 0.4) is 0 Å². The minimum absolute atomic E-state index is 0.0000891. The Balaban J connectivity index is 1.42. The van der Waals surface area contributed by atoms with E-state index in [2.05, 4.69) is 15.5 Å². The molecule has 0 unspecified atom stereocenters. The molecule has 8 nitrogen and oxygen atoms in total. The van der Waals surface area contributed by atoms with Gasteiger partial charge in [-0.25, -0.2) is 0 Å². The van der Waals surface area contributed by atoms with Crippen molar-refractivity contribution < 1.29 is 32.2 Å². The van der Waals surface area contributed by atoms with Crippen molar-refractivity contribution in [3.63, 3.8) is 0 Å². The smallest absolute Gasteiger partial charge is 0.416 e. The number of hydrogen-bond donors (Lipinski definition) is 1. The molecule has 0 bridgehead atoms. The normalized spacial score (nSPS) is 11.2. The Morgan fingerprint density at radius 1 is 0.884 bits per heavy atom. The summed E-state index contributed by atoms with van der Waals surface area (Å²) in [7, 11) is 3.12. The maximum Gasteiger partial charge on any atom is 0.416 e. The highest BCUT2D eigenvalue weighted by Gasteiger charge is 2.30. The fourth-order valence-electron chi connectivity index (χ4n) is 4.29. The van der Waals surface area contributed by atoms with Crippen LogP contribution >= 0.6 is 11.3 Å². The van der Waals surface area contributed by atoms with E-state index in [0.29, 0.717) is 40.6 Å². The minimum Gasteiger partial charge on any atom is -0.493 e. The molecule has 4 aromatic rings. The molecule has 1 heterocycles. The van der Waals surface area contributed by atoms with Crippen molar-refractivity contribution in [3.05, 3.63) is 89.0 Å². The largest absolute Gasteiger partial charge is 0.493 e. The zero-order valence-electron chi connectivity index (χ0n) is 23.9. The van der Waals surface area contributed by atoms with Gasteiger partial charge in [0, 0.05) is 30.6 Å². The first-order chi connectivity index (χ1) is 20.6. The van der Waals surface area contributed by atoms with Gasteiger partial charge in [0.2, 0.25) is 11.0 Å². The lowest BCUT2D eigenvalue weighted by atomic mass is 10.1. The quantitative estimate of drug-likeness (QED) is 0.196. The number of aromatic nitrogens is 2. The molecule has 0 radical (unpaired) electrons. The zero-order valence-corrected chi connectivity index (χ0v) is 24.7. The van der Waals surface area contributed by atoms with E-state index >= 15 is 0 Å². The average Bonchev–Trinajstić information content (AvgIpc) is 3.48. The summed E-state index contributed by atoms with van der Waals surface area (Å²) < 4.78 is 49.3. The fraction of sp³-hybridized carbons (Fsp3) is 0.290. The third kappa shape index (κ3) is 8.31. The lowest BCUT2D eigenvalue weighted by Gasteiger charge is -2.23. The van der Waals surface area contributed by atoms with Crippen molar-refractivity contribution in [2.75, 3.05) is 32.6 Å². The summed E-state index contributed by atoms with van der Waals surface area (Å²) in [6, 6.07) is 17.5. The summed E-state index contributed by atoms with van der Waals surface area (Å²) in [5.74, 6) is 0.613. The van der Waals surface area contributed by atoms with Gasteiger partial charge >= 0.3 is 6.18 Å². The van der Waals surface area contributed by atoms with Crippen LogP contribution in [0.15, 0.2) is 66.7 Å². The first kappa shape index (κ1) is 31.5. The van der Waals surface area contributed by atoms with Crippen LogP contribution in [0.4, 0.5) is 18.3 Å². The molecule has 0 spiro atoms. The van der Waals surface area contributed by atoms with E-state index in [4.69, 9.17) is 9.47 Å². The monoisotopic (exact) mass is 612 g/mol. The van der Waals surface area contributed by atoms with Crippen LogP contribution < -0.4 is 14.8 Å². The summed E-state index contributed by atoms with van der Waals surface area (Å²) in [5.41, 5.74) is 2.26. The number of carbonyl (C=O) groups is 2. The Bertz CT molecular complexity index is 1540. The highest BCUT2D eigenvalue weighted by Crippen LogP contribution is 2.32. The summed E-state index contributed by atoms with van der Waals surface area (Å²) in [6.45, 7) is 2.54. The van der Waals surface area contributed by atoms with Crippen LogP contribution in [-0.4, -0.2) is 54.2 Å². The molecule has 3 aromatic carbocycles. The van der Waals surface area contributed by atoms with Crippen molar-refractivity contribution >= 4 is 28.3 Å². The number of methoxy groups -OCH3 is 2. The first-order valence-electron chi connectivity index (χ1n) is 13.5. The number of aryl methyl sites for hydroxylation is 1. The Morgan fingerprint density at radius 3 is 2.19 bits per heavy atom. The molecule has 0 atom stereocenters. The summed E-state index contributed by atoms with van der Waals surface area (Å²) >= 11 is 1.04. The molecule has 0 aliphatic heterocycles. The van der Waals surface area contributed by atoms with Gasteiger partial charge in [0.25, 0.3) is 5.91 Å². The van der Waals surface area contributed by atoms with Gasteiger partial charge in [0.15, 0.2) is 11.5 Å². The second-order valence-corrected chi connectivity index (χ2v) is 10.5. The predicted octanol–water partition coefficient (Wildman–Crippen LogP) is 6.52. The Hall–Kier alpha value is -4.45. The average molecular weight is 613 g/mol. The topological polar surface area (TPSA) is 93.7 Å². The Morgan fingerprint density at radius 2 is 1.56 bits per heavy atom. The first-order valence-corrected chi connectivity index (χ1v) is 14.3. The number of nitrogens with zero attached hydrogens (tertiary/aromatic N) is 3. The van der Waals surface area contributed by atoms with Gasteiger partial charge in [0.05, 0.1) is 19.8 Å². The predicted molar refractivity (Wildman–Crippen MR) is 159 cm³/mol. The van der Waals surface area contributed by atoms with Crippen LogP contribution in [-0.2, 0) is 23.8 Å². The molecule has 0 aliphatic carbocycles. The molecule has 226 valence electrons. The lowest BCUT2D eigenvalue weighted by Crippen LogP contribution is -2.35. The Labute approximate surface area is 251 Å². The van der Waals surface area contributed by atoms with Gasteiger partial charge in [-0.3, -0.25) is 9.59 Å². The molecule has 12 heteroatoms. The van der Waals surface area contributed by atoms with Crippen LogP contribution in [0.5, 0.6) is 11.5 Å². The van der Waals surface area contributed by atoms with Crippen molar-refractivity contribution in [2.45, 2.75) is 32.4 Å². The molecule has 1 aromatic heterocycles. The van der Waals surface area contributed by atoms with E-state index in [9.17, 15) is 22.8 Å². The summed E-state index contributed by atoms with van der Waals surface area (Å²) in [6.07, 6.45) is -3.06. The fourth-order valence-corrected chi connectivity index (χ4v) is 5.06. The van der Waals surface area contributed by atoms with Gasteiger partial charge in [0.1, 0.15) is 5.01 Å². The second kappa shape index (κ2) is 14.1. The highest BCUT2D eigenvalue weighted by molar-refractivity contribution is 7.18. The van der Waals surface area contributed by atoms with Crippen molar-refractivity contribution in [2.24, 2.45) is 0 Å². The summed E-state index contributed by atoms with van der Waals surface area (Å²) in [4.78, 5) is 27.9. The molecule has 43 heavy (non-hydrogen) atoms. The Kier molecular flexibility index (Phi) is 10.4. The third-order valence-corrected chi connectivity index (χ3v) is 7.64. The molecular formula is C31H31F3N4O4S. The molecule has 0 fully saturated rings. The van der Waals surface area contributed by atoms with Crippen LogP contribution in [0.2, 0.25) is 0 Å². The van der Waals surface area contributed by atoms with E-state index in [1.165, 1.54) is 12.1 Å². The molecule has 0 saturated heterocycles. The molecule has 0 saturated carbocycles. The van der Waals surface area contributed by atoms with Gasteiger partial charge in [-0.05, 0) is 60.4 Å². The number of halogens is 3. The number of amides is 2. The SMILES string of the molecule is CCc1ccc(C(=O)N(CCC(=O)Nc2nnc(-c3ccc(C(F)(F)F)cc3)s2)CCc2ccc(OC)c(OC)c2)cc1. The van der Waals surface area contributed by atoms with E-state index in [-0.39, 0.29) is 29.9 Å². The number of carbonyl (C=O) groups excluding carboxylic acids is 2. The van der Waals surface area contributed by atoms with E-state index < -0.39 is 11.7 Å². The number of alkyl halides is 3. The summed E-state index contributed by atoms with van der Waals surface area (Å²) in [5, 5.41) is 11.2. The van der Waals surface area contributed by atoms with Gasteiger partial charge in [-0.2, -0.15) is 13.2 Å². The standard InChI is InChI=1S/C31H31F3N4O4S/c1-4-20-5-8-23(9-6-20)29(40)38(17-15-21-7-14-25(41-2)26(19-21)42-3)18-16-27(39)35-30-37-36-28(43-30)22-10-12-24(13-11-22)31(32,33)34/h5-14,19H,4,15-18H2,1-3H3,(H,35,37,39). The van der Waals surface area contributed by atoms with E-state index in [0.717, 1.165) is 41.0 Å². The third-order valence-electron chi connectivity index (χ3n) is 6.75. The molecule has 2 amide bonds. The molecule has 1 N–H and O–H groups in total. The van der Waals surface area contributed by atoms with Crippen molar-refractivity contribution in [3.8, 4) is 22.1 Å². The number of ether oxygens (including phenoxy) is 2. The minimum atomic E-state index is -4.44. The number of anilines is 1. The maximum absolute atomic E-state index is 13.5. The van der Waals surface area contributed by atoms with Gasteiger partial charge in [-0.1, -0.05) is 48.6 Å². The number of hydrogen-bond acceptors (Lipinski definition) is 7. The van der Waals surface area contributed by atoms with Crippen molar-refractivity contribution in [1.82, 2.24) is 15.1 Å². The van der Waals surface area contributed by atoms with Gasteiger partial charge in [-0.15, -0.1) is 10.2 Å². The number of rotatable bonds is 12. The molecular weight excluding hydrogens is 581 g/mol. The maximum atomic E-state index is 13.5. The number of benzene rings is 3. The molecule has 0 aliphatic rings. The lowest BCUT2D eigenvalue weighted by molar-refractivity contribution is -0.137. The molecule has 4 rings (SSSR count). The van der Waals surface area contributed by atoms with E-state index in [1.54, 1.807) is 37.3 Å². The second-order valence-electron chi connectivity index (χ2n) is 9.57. The van der Waals surface area contributed by atoms with Crippen LogP contribution in [0.1, 0.15) is 40.4 Å².